The van der Waals surface area contributed by atoms with Gasteiger partial charge in [0.25, 0.3) is 5.56 Å². The summed E-state index contributed by atoms with van der Waals surface area (Å²) in [5, 5.41) is 0.642. The molecule has 2 aromatic heterocycles. The van der Waals surface area contributed by atoms with Gasteiger partial charge in [-0.3, -0.25) is 14.2 Å². The molecule has 0 aliphatic rings. The molecule has 0 aromatic carbocycles. The number of ketones is 1. The topological polar surface area (TPSA) is 52.0 Å². The molecule has 2 rings (SSSR count). The Labute approximate surface area is 103 Å². The van der Waals surface area contributed by atoms with Gasteiger partial charge in [0, 0.05) is 4.88 Å². The molecule has 2 aromatic rings. The van der Waals surface area contributed by atoms with Crippen LogP contribution in [0.25, 0.3) is 10.2 Å². The Morgan fingerprint density at radius 1 is 1.47 bits per heavy atom. The minimum absolute atomic E-state index is 0.0437. The van der Waals surface area contributed by atoms with E-state index in [9.17, 15) is 9.59 Å². The summed E-state index contributed by atoms with van der Waals surface area (Å²) in [5.41, 5.74) is 0.840. The van der Waals surface area contributed by atoms with E-state index in [2.05, 4.69) is 4.98 Å². The number of fused-ring (bicyclic) bond motifs is 1. The number of carbonyl (C=O) groups excluding carboxylic acids is 1. The summed E-state index contributed by atoms with van der Waals surface area (Å²) >= 11 is 1.51. The van der Waals surface area contributed by atoms with E-state index < -0.39 is 6.04 Å². The first-order valence-corrected chi connectivity index (χ1v) is 6.22. The number of aromatic nitrogens is 2. The molecule has 5 heteroatoms. The van der Waals surface area contributed by atoms with E-state index in [0.29, 0.717) is 5.39 Å². The number of carbonyl (C=O) groups is 1. The van der Waals surface area contributed by atoms with Gasteiger partial charge in [-0.05, 0) is 33.3 Å². The number of Topliss-reactive ketones (excluding diaryl/α,β-unsaturated/α-hetero) is 1. The normalized spacial score (nSPS) is 12.9. The number of aryl methyl sites for hydroxylation is 2. The fraction of sp³-hybridized carbons (Fsp3) is 0.417. The molecule has 0 bridgehead atoms. The van der Waals surface area contributed by atoms with Gasteiger partial charge in [-0.25, -0.2) is 4.98 Å². The Kier molecular flexibility index (Phi) is 2.87. The van der Waals surface area contributed by atoms with Gasteiger partial charge in [-0.2, -0.15) is 0 Å². The first-order chi connectivity index (χ1) is 7.93. The van der Waals surface area contributed by atoms with E-state index in [4.69, 9.17) is 0 Å². The monoisotopic (exact) mass is 250 g/mol. The van der Waals surface area contributed by atoms with Crippen LogP contribution in [0.1, 0.15) is 30.3 Å². The number of hydrogen-bond acceptors (Lipinski definition) is 4. The number of hydrogen-bond donors (Lipinski definition) is 0. The summed E-state index contributed by atoms with van der Waals surface area (Å²) in [4.78, 5) is 29.7. The zero-order chi connectivity index (χ0) is 12.7. The lowest BCUT2D eigenvalue weighted by Crippen LogP contribution is -2.27. The lowest BCUT2D eigenvalue weighted by Gasteiger charge is -2.10. The first-order valence-electron chi connectivity index (χ1n) is 5.40. The third-order valence-electron chi connectivity index (χ3n) is 3.12. The van der Waals surface area contributed by atoms with E-state index in [1.54, 1.807) is 6.92 Å². The molecular weight excluding hydrogens is 236 g/mol. The van der Waals surface area contributed by atoms with Gasteiger partial charge in [0.15, 0.2) is 5.78 Å². The predicted molar refractivity (Wildman–Crippen MR) is 68.7 cm³/mol. The maximum atomic E-state index is 12.3. The molecule has 0 N–H and O–H groups in total. The van der Waals surface area contributed by atoms with E-state index >= 15 is 0 Å². The van der Waals surface area contributed by atoms with Crippen LogP contribution in [0.3, 0.4) is 0 Å². The molecule has 0 fully saturated rings. The van der Waals surface area contributed by atoms with Crippen molar-refractivity contribution in [1.29, 1.82) is 0 Å². The minimum atomic E-state index is -0.459. The Morgan fingerprint density at radius 3 is 2.71 bits per heavy atom. The molecule has 2 heterocycles. The van der Waals surface area contributed by atoms with Gasteiger partial charge in [0.05, 0.1) is 17.8 Å². The Hall–Kier alpha value is -1.49. The summed E-state index contributed by atoms with van der Waals surface area (Å²) < 4.78 is 1.41. The van der Waals surface area contributed by atoms with Crippen LogP contribution in [-0.4, -0.2) is 15.3 Å². The van der Waals surface area contributed by atoms with Gasteiger partial charge < -0.3 is 0 Å². The van der Waals surface area contributed by atoms with Crippen molar-refractivity contribution in [3.8, 4) is 0 Å². The van der Waals surface area contributed by atoms with Crippen molar-refractivity contribution in [2.24, 2.45) is 0 Å². The summed E-state index contributed by atoms with van der Waals surface area (Å²) in [5.74, 6) is -0.0437. The second-order valence-electron chi connectivity index (χ2n) is 4.21. The van der Waals surface area contributed by atoms with Crippen molar-refractivity contribution in [2.45, 2.75) is 33.7 Å². The van der Waals surface area contributed by atoms with Gasteiger partial charge in [-0.1, -0.05) is 0 Å². The molecular formula is C12H14N2O2S. The van der Waals surface area contributed by atoms with Crippen LogP contribution < -0.4 is 5.56 Å². The van der Waals surface area contributed by atoms with Crippen molar-refractivity contribution in [1.82, 2.24) is 9.55 Å². The second-order valence-corrected chi connectivity index (χ2v) is 5.41. The van der Waals surface area contributed by atoms with Crippen LogP contribution in [-0.2, 0) is 4.79 Å². The van der Waals surface area contributed by atoms with E-state index in [0.717, 1.165) is 15.3 Å². The first kappa shape index (κ1) is 12.0. The second kappa shape index (κ2) is 4.07. The number of rotatable bonds is 2. The maximum Gasteiger partial charge on any atom is 0.263 e. The highest BCUT2D eigenvalue weighted by Gasteiger charge is 2.16. The average molecular weight is 250 g/mol. The van der Waals surface area contributed by atoms with Gasteiger partial charge >= 0.3 is 0 Å². The van der Waals surface area contributed by atoms with Crippen molar-refractivity contribution in [3.05, 3.63) is 27.1 Å². The molecule has 0 amide bonds. The van der Waals surface area contributed by atoms with E-state index in [1.165, 1.54) is 29.2 Å². The minimum Gasteiger partial charge on any atom is -0.298 e. The summed E-state index contributed by atoms with van der Waals surface area (Å²) in [6.45, 7) is 7.08. The van der Waals surface area contributed by atoms with E-state index in [-0.39, 0.29) is 11.3 Å². The molecule has 0 spiro atoms. The zero-order valence-electron chi connectivity index (χ0n) is 10.3. The third kappa shape index (κ3) is 1.80. The zero-order valence-corrected chi connectivity index (χ0v) is 11.1. The number of nitrogens with zero attached hydrogens (tertiary/aromatic N) is 2. The fourth-order valence-corrected chi connectivity index (χ4v) is 2.71. The maximum absolute atomic E-state index is 12.3. The van der Waals surface area contributed by atoms with Crippen LogP contribution in [0.2, 0.25) is 0 Å². The van der Waals surface area contributed by atoms with Crippen molar-refractivity contribution in [2.75, 3.05) is 0 Å². The molecule has 0 saturated carbocycles. The molecule has 0 aliphatic heterocycles. The SMILES string of the molecule is CC(=O)[C@H](C)n1cnc2sc(C)c(C)c2c1=O. The van der Waals surface area contributed by atoms with Gasteiger partial charge in [0.2, 0.25) is 0 Å². The molecule has 90 valence electrons. The Balaban J connectivity index is 2.78. The molecule has 0 unspecified atom stereocenters. The standard InChI is InChI=1S/C12H14N2O2S/c1-6-9(4)17-11-10(6)12(16)14(5-13-11)7(2)8(3)15/h5,7H,1-4H3/t7-/m0/s1. The predicted octanol–water partition coefficient (Wildman–Crippen LogP) is 2.22. The summed E-state index contributed by atoms with van der Waals surface area (Å²) in [7, 11) is 0. The van der Waals surface area contributed by atoms with E-state index in [1.807, 2.05) is 13.8 Å². The molecule has 1 atom stereocenters. The van der Waals surface area contributed by atoms with Crippen LogP contribution in [0.5, 0.6) is 0 Å². The lowest BCUT2D eigenvalue weighted by atomic mass is 10.2. The summed E-state index contributed by atoms with van der Waals surface area (Å²) in [6, 6.07) is -0.459. The highest BCUT2D eigenvalue weighted by molar-refractivity contribution is 7.18. The van der Waals surface area contributed by atoms with Gasteiger partial charge in [0.1, 0.15) is 4.83 Å². The lowest BCUT2D eigenvalue weighted by molar-refractivity contribution is -0.119. The van der Waals surface area contributed by atoms with Crippen LogP contribution in [0.4, 0.5) is 0 Å². The Bertz CT molecular complexity index is 654. The smallest absolute Gasteiger partial charge is 0.263 e. The van der Waals surface area contributed by atoms with Crippen molar-refractivity contribution < 1.29 is 4.79 Å². The summed E-state index contributed by atoms with van der Waals surface area (Å²) in [6.07, 6.45) is 1.46. The average Bonchev–Trinajstić information content (AvgIpc) is 2.55. The number of thiophene rings is 1. The van der Waals surface area contributed by atoms with Crippen molar-refractivity contribution >= 4 is 27.3 Å². The molecule has 0 saturated heterocycles. The van der Waals surface area contributed by atoms with Crippen molar-refractivity contribution in [3.63, 3.8) is 0 Å². The molecule has 4 nitrogen and oxygen atoms in total. The largest absolute Gasteiger partial charge is 0.298 e. The fourth-order valence-electron chi connectivity index (χ4n) is 1.72. The Morgan fingerprint density at radius 2 is 2.12 bits per heavy atom. The van der Waals surface area contributed by atoms with Gasteiger partial charge in [-0.15, -0.1) is 11.3 Å². The van der Waals surface area contributed by atoms with Crippen LogP contribution >= 0.6 is 11.3 Å². The molecule has 0 radical (unpaired) electrons. The highest BCUT2D eigenvalue weighted by Crippen LogP contribution is 2.25. The van der Waals surface area contributed by atoms with Crippen LogP contribution in [0.15, 0.2) is 11.1 Å². The molecule has 0 aliphatic carbocycles. The quantitative estimate of drug-likeness (QED) is 0.821. The molecule has 17 heavy (non-hydrogen) atoms. The van der Waals surface area contributed by atoms with Crippen LogP contribution in [0, 0.1) is 13.8 Å². The highest BCUT2D eigenvalue weighted by atomic mass is 32.1. The third-order valence-corrected chi connectivity index (χ3v) is 4.24.